The molecule has 25 heavy (non-hydrogen) atoms. The highest BCUT2D eigenvalue weighted by molar-refractivity contribution is 7.90. The third kappa shape index (κ3) is 3.77. The Balaban J connectivity index is 1.44. The lowest BCUT2D eigenvalue weighted by Gasteiger charge is -2.38. The Morgan fingerprint density at radius 1 is 1.16 bits per heavy atom. The van der Waals surface area contributed by atoms with E-state index < -0.39 is 9.84 Å². The summed E-state index contributed by atoms with van der Waals surface area (Å²) in [7, 11) is -3.13. The first-order valence-electron chi connectivity index (χ1n) is 9.38. The molecule has 1 aromatic carbocycles. The Morgan fingerprint density at radius 3 is 2.64 bits per heavy atom. The van der Waals surface area contributed by atoms with Crippen LogP contribution < -0.4 is 5.32 Å². The normalized spacial score (nSPS) is 33.5. The van der Waals surface area contributed by atoms with Gasteiger partial charge in [-0.15, -0.1) is 0 Å². The average Bonchev–Trinajstić information content (AvgIpc) is 3.24. The fraction of sp³-hybridized carbons (Fsp3) is 0.684. The molecule has 3 fully saturated rings. The van der Waals surface area contributed by atoms with Gasteiger partial charge in [0.1, 0.15) is 0 Å². The molecule has 4 rings (SSSR count). The number of nitrogens with one attached hydrogen (secondary N) is 1. The second-order valence-corrected chi connectivity index (χ2v) is 9.87. The molecule has 5 nitrogen and oxygen atoms in total. The molecule has 1 N–H and O–H groups in total. The maximum atomic E-state index is 11.6. The monoisotopic (exact) mass is 364 g/mol. The molecule has 0 spiro atoms. The molecule has 0 bridgehead atoms. The maximum Gasteiger partial charge on any atom is 0.175 e. The molecule has 0 amide bonds. The minimum absolute atomic E-state index is 0.315. The fourth-order valence-corrected chi connectivity index (χ4v) is 5.25. The first kappa shape index (κ1) is 17.5. The van der Waals surface area contributed by atoms with Crippen molar-refractivity contribution in [3.05, 3.63) is 29.8 Å². The molecular formula is C19H28N2O3S. The highest BCUT2D eigenvalue weighted by Crippen LogP contribution is 2.37. The van der Waals surface area contributed by atoms with Gasteiger partial charge in [-0.2, -0.15) is 0 Å². The number of nitrogens with zero attached hydrogens (tertiary/aromatic N) is 1. The largest absolute Gasteiger partial charge is 0.381 e. The quantitative estimate of drug-likeness (QED) is 0.888. The Hall–Kier alpha value is -0.950. The lowest BCUT2D eigenvalue weighted by Crippen LogP contribution is -2.50. The Kier molecular flexibility index (Phi) is 4.88. The molecule has 0 aromatic heterocycles. The molecule has 138 valence electrons. The molecule has 3 saturated heterocycles. The molecule has 6 heteroatoms. The summed E-state index contributed by atoms with van der Waals surface area (Å²) in [6.45, 7) is 4.13. The average molecular weight is 365 g/mol. The molecule has 0 aliphatic carbocycles. The summed E-state index contributed by atoms with van der Waals surface area (Å²) in [4.78, 5) is 3.01. The van der Waals surface area contributed by atoms with Crippen molar-refractivity contribution in [1.29, 1.82) is 0 Å². The van der Waals surface area contributed by atoms with Crippen LogP contribution >= 0.6 is 0 Å². The SMILES string of the molecule is CS(=O)(=O)c1ccc(C2CCC3CCN(CC4CCOC4)C3N2)cc1. The van der Waals surface area contributed by atoms with Crippen LogP contribution in [0.3, 0.4) is 0 Å². The number of fused-ring (bicyclic) bond motifs is 1. The van der Waals surface area contributed by atoms with Crippen LogP contribution in [0.1, 0.15) is 37.3 Å². The van der Waals surface area contributed by atoms with Crippen LogP contribution in [0.2, 0.25) is 0 Å². The molecular weight excluding hydrogens is 336 g/mol. The van der Waals surface area contributed by atoms with Gasteiger partial charge in [0.15, 0.2) is 9.84 Å². The van der Waals surface area contributed by atoms with E-state index in [4.69, 9.17) is 4.74 Å². The zero-order valence-corrected chi connectivity index (χ0v) is 15.7. The summed E-state index contributed by atoms with van der Waals surface area (Å²) < 4.78 is 28.8. The van der Waals surface area contributed by atoms with Crippen molar-refractivity contribution in [1.82, 2.24) is 10.2 Å². The van der Waals surface area contributed by atoms with Crippen LogP contribution in [-0.2, 0) is 14.6 Å². The van der Waals surface area contributed by atoms with E-state index >= 15 is 0 Å². The van der Waals surface area contributed by atoms with Gasteiger partial charge in [0.05, 0.1) is 17.7 Å². The highest BCUT2D eigenvalue weighted by Gasteiger charge is 2.39. The maximum absolute atomic E-state index is 11.6. The lowest BCUT2D eigenvalue weighted by atomic mass is 9.88. The van der Waals surface area contributed by atoms with Gasteiger partial charge in [-0.1, -0.05) is 12.1 Å². The lowest BCUT2D eigenvalue weighted by molar-refractivity contribution is 0.110. The number of ether oxygens (including phenoxy) is 1. The van der Waals surface area contributed by atoms with E-state index in [0.29, 0.717) is 23.0 Å². The smallest absolute Gasteiger partial charge is 0.175 e. The summed E-state index contributed by atoms with van der Waals surface area (Å²) in [6.07, 6.45) is 6.55. The van der Waals surface area contributed by atoms with Gasteiger partial charge < -0.3 is 4.74 Å². The first-order chi connectivity index (χ1) is 12.0. The summed E-state index contributed by atoms with van der Waals surface area (Å²) in [6, 6.07) is 7.73. The van der Waals surface area contributed by atoms with Crippen LogP contribution in [0.4, 0.5) is 0 Å². The first-order valence-corrected chi connectivity index (χ1v) is 11.3. The van der Waals surface area contributed by atoms with Gasteiger partial charge in [0.25, 0.3) is 0 Å². The molecule has 3 aliphatic rings. The van der Waals surface area contributed by atoms with E-state index in [1.807, 2.05) is 12.1 Å². The van der Waals surface area contributed by atoms with Gasteiger partial charge in [0.2, 0.25) is 0 Å². The summed E-state index contributed by atoms with van der Waals surface area (Å²) in [5.41, 5.74) is 1.20. The zero-order valence-electron chi connectivity index (χ0n) is 14.9. The topological polar surface area (TPSA) is 58.6 Å². The molecule has 3 aliphatic heterocycles. The number of likely N-dealkylation sites (tertiary alicyclic amines) is 1. The van der Waals surface area contributed by atoms with Crippen molar-refractivity contribution in [2.75, 3.05) is 32.6 Å². The van der Waals surface area contributed by atoms with E-state index in [1.54, 1.807) is 12.1 Å². The standard InChI is InChI=1S/C19H28N2O3S/c1-25(22,23)17-5-2-15(3-6-17)18-7-4-16-8-10-21(19(16)20-18)12-14-9-11-24-13-14/h2-3,5-6,14,16,18-20H,4,7-13H2,1H3. The van der Waals surface area contributed by atoms with E-state index in [0.717, 1.165) is 32.1 Å². The summed E-state index contributed by atoms with van der Waals surface area (Å²) >= 11 is 0. The number of rotatable bonds is 4. The molecule has 3 heterocycles. The van der Waals surface area contributed by atoms with E-state index in [-0.39, 0.29) is 0 Å². The Labute approximate surface area is 150 Å². The number of sulfone groups is 1. The Bertz CT molecular complexity index is 698. The van der Waals surface area contributed by atoms with Crippen LogP contribution in [0.25, 0.3) is 0 Å². The van der Waals surface area contributed by atoms with Gasteiger partial charge >= 0.3 is 0 Å². The van der Waals surface area contributed by atoms with Crippen LogP contribution in [0.15, 0.2) is 29.2 Å². The van der Waals surface area contributed by atoms with Crippen molar-refractivity contribution in [2.45, 2.75) is 42.8 Å². The van der Waals surface area contributed by atoms with Crippen molar-refractivity contribution in [3.8, 4) is 0 Å². The predicted molar refractivity (Wildman–Crippen MR) is 97.1 cm³/mol. The number of hydrogen-bond acceptors (Lipinski definition) is 5. The van der Waals surface area contributed by atoms with Crippen LogP contribution in [-0.4, -0.2) is 52.0 Å². The van der Waals surface area contributed by atoms with Gasteiger partial charge in [-0.25, -0.2) is 8.42 Å². The highest BCUT2D eigenvalue weighted by atomic mass is 32.2. The van der Waals surface area contributed by atoms with Gasteiger partial charge in [0, 0.05) is 32.0 Å². The molecule has 0 saturated carbocycles. The molecule has 1 aromatic rings. The van der Waals surface area contributed by atoms with Gasteiger partial charge in [-0.05, 0) is 55.2 Å². The second kappa shape index (κ2) is 6.99. The van der Waals surface area contributed by atoms with Crippen molar-refractivity contribution in [3.63, 3.8) is 0 Å². The fourth-order valence-electron chi connectivity index (χ4n) is 4.61. The number of piperidine rings is 1. The minimum Gasteiger partial charge on any atom is -0.381 e. The van der Waals surface area contributed by atoms with Crippen molar-refractivity contribution >= 4 is 9.84 Å². The molecule has 4 unspecified atom stereocenters. The van der Waals surface area contributed by atoms with Crippen molar-refractivity contribution in [2.24, 2.45) is 11.8 Å². The molecule has 0 radical (unpaired) electrons. The minimum atomic E-state index is -3.13. The van der Waals surface area contributed by atoms with E-state index in [1.165, 1.54) is 37.6 Å². The number of benzene rings is 1. The third-order valence-corrected chi connectivity index (χ3v) is 7.18. The van der Waals surface area contributed by atoms with Crippen LogP contribution in [0.5, 0.6) is 0 Å². The van der Waals surface area contributed by atoms with E-state index in [2.05, 4.69) is 10.2 Å². The third-order valence-electron chi connectivity index (χ3n) is 6.05. The zero-order chi connectivity index (χ0) is 17.4. The summed E-state index contributed by atoms with van der Waals surface area (Å²) in [5.74, 6) is 1.42. The van der Waals surface area contributed by atoms with Crippen LogP contribution in [0, 0.1) is 11.8 Å². The second-order valence-electron chi connectivity index (χ2n) is 7.86. The Morgan fingerprint density at radius 2 is 1.96 bits per heavy atom. The predicted octanol–water partition coefficient (Wildman–Crippen LogP) is 2.20. The van der Waals surface area contributed by atoms with Gasteiger partial charge in [-0.3, -0.25) is 10.2 Å². The summed E-state index contributed by atoms with van der Waals surface area (Å²) in [5, 5.41) is 3.85. The van der Waals surface area contributed by atoms with Crippen molar-refractivity contribution < 1.29 is 13.2 Å². The van der Waals surface area contributed by atoms with E-state index in [9.17, 15) is 8.42 Å². The number of hydrogen-bond donors (Lipinski definition) is 1. The molecule has 4 atom stereocenters.